The van der Waals surface area contributed by atoms with E-state index in [1.165, 1.54) is 12.1 Å². The van der Waals surface area contributed by atoms with Crippen molar-refractivity contribution in [3.63, 3.8) is 0 Å². The largest absolute Gasteiger partial charge is 0.483 e. The summed E-state index contributed by atoms with van der Waals surface area (Å²) in [5, 5.41) is 10.0. The van der Waals surface area contributed by atoms with E-state index < -0.39 is 6.10 Å². The van der Waals surface area contributed by atoms with Crippen molar-refractivity contribution < 1.29 is 14.2 Å². The van der Waals surface area contributed by atoms with Gasteiger partial charge in [-0.15, -0.1) is 0 Å². The quantitative estimate of drug-likeness (QED) is 0.841. The average Bonchev–Trinajstić information content (AvgIpc) is 2.58. The lowest BCUT2D eigenvalue weighted by molar-refractivity contribution is 0.0588. The van der Waals surface area contributed by atoms with Crippen LogP contribution in [0.4, 0.5) is 4.39 Å². The molecule has 1 N–H and O–H groups in total. The third-order valence-electron chi connectivity index (χ3n) is 3.16. The maximum atomic E-state index is 13.2. The first-order valence-electron chi connectivity index (χ1n) is 6.64. The van der Waals surface area contributed by atoms with Crippen molar-refractivity contribution in [2.45, 2.75) is 38.4 Å². The minimum Gasteiger partial charge on any atom is -0.483 e. The van der Waals surface area contributed by atoms with Gasteiger partial charge < -0.3 is 9.84 Å². The maximum Gasteiger partial charge on any atom is 0.143 e. The third kappa shape index (κ3) is 3.67. The van der Waals surface area contributed by atoms with Crippen molar-refractivity contribution in [1.82, 2.24) is 0 Å². The minimum absolute atomic E-state index is 0.294. The minimum atomic E-state index is -0.512. The predicted molar refractivity (Wildman–Crippen MR) is 74.5 cm³/mol. The highest BCUT2D eigenvalue weighted by atomic mass is 19.1. The Bertz CT molecular complexity index is 480. The Kier molecular flexibility index (Phi) is 4.74. The number of aliphatic hydroxyl groups excluding tert-OH is 1. The summed E-state index contributed by atoms with van der Waals surface area (Å²) >= 11 is 0. The molecule has 1 aliphatic rings. The van der Waals surface area contributed by atoms with E-state index in [-0.39, 0.29) is 11.9 Å². The highest BCUT2D eigenvalue weighted by Gasteiger charge is 2.20. The van der Waals surface area contributed by atoms with Crippen LogP contribution in [-0.4, -0.2) is 17.3 Å². The number of hydrogen-bond acceptors (Lipinski definition) is 2. The molecule has 0 aliphatic heterocycles. The molecule has 3 heteroatoms. The summed E-state index contributed by atoms with van der Waals surface area (Å²) in [6, 6.07) is 4.41. The summed E-state index contributed by atoms with van der Waals surface area (Å²) in [5.74, 6) is 0.299. The molecule has 2 unspecified atom stereocenters. The molecule has 19 heavy (non-hydrogen) atoms. The monoisotopic (exact) mass is 262 g/mol. The fraction of sp³-hybridized carbons (Fsp3) is 0.375. The van der Waals surface area contributed by atoms with Gasteiger partial charge in [0.15, 0.2) is 0 Å². The topological polar surface area (TPSA) is 29.5 Å². The summed E-state index contributed by atoms with van der Waals surface area (Å²) in [4.78, 5) is 0. The van der Waals surface area contributed by atoms with Gasteiger partial charge in [-0.05, 0) is 50.5 Å². The van der Waals surface area contributed by atoms with Gasteiger partial charge in [0.05, 0.1) is 6.10 Å². The summed E-state index contributed by atoms with van der Waals surface area (Å²) < 4.78 is 19.1. The maximum absolute atomic E-state index is 13.2. The van der Waals surface area contributed by atoms with Crippen LogP contribution in [-0.2, 0) is 0 Å². The van der Waals surface area contributed by atoms with Crippen molar-refractivity contribution in [2.75, 3.05) is 0 Å². The number of benzene rings is 1. The summed E-state index contributed by atoms with van der Waals surface area (Å²) in [6.07, 6.45) is 9.31. The van der Waals surface area contributed by atoms with Gasteiger partial charge in [-0.25, -0.2) is 4.39 Å². The van der Waals surface area contributed by atoms with Crippen LogP contribution in [0.15, 0.2) is 36.4 Å². The zero-order valence-corrected chi connectivity index (χ0v) is 11.1. The molecule has 102 valence electrons. The molecule has 0 radical (unpaired) electrons. The van der Waals surface area contributed by atoms with Gasteiger partial charge in [-0.1, -0.05) is 18.2 Å². The molecule has 0 fully saturated rings. The van der Waals surface area contributed by atoms with Crippen LogP contribution in [0.25, 0.3) is 6.08 Å². The number of allylic oxidation sites excluding steroid dienone is 2. The zero-order valence-electron chi connectivity index (χ0n) is 11.1. The molecular weight excluding hydrogens is 243 g/mol. The molecule has 2 rings (SSSR count). The molecule has 2 nitrogen and oxygen atoms in total. The second-order valence-corrected chi connectivity index (χ2v) is 4.69. The van der Waals surface area contributed by atoms with Crippen molar-refractivity contribution in [2.24, 2.45) is 0 Å². The Morgan fingerprint density at radius 2 is 2.26 bits per heavy atom. The van der Waals surface area contributed by atoms with Gasteiger partial charge in [-0.2, -0.15) is 0 Å². The van der Waals surface area contributed by atoms with Crippen LogP contribution in [0.3, 0.4) is 0 Å². The normalized spacial score (nSPS) is 23.5. The van der Waals surface area contributed by atoms with Crippen LogP contribution >= 0.6 is 0 Å². The Labute approximate surface area is 113 Å². The highest BCUT2D eigenvalue weighted by molar-refractivity contribution is 5.57. The molecule has 0 spiro atoms. The van der Waals surface area contributed by atoms with Crippen LogP contribution in [0.2, 0.25) is 0 Å². The molecular formula is C16H19FO2. The second-order valence-electron chi connectivity index (χ2n) is 4.69. The molecule has 0 saturated carbocycles. The van der Waals surface area contributed by atoms with E-state index in [4.69, 9.17) is 4.74 Å². The molecule has 0 amide bonds. The number of halogens is 1. The van der Waals surface area contributed by atoms with Gasteiger partial charge in [0.25, 0.3) is 0 Å². The summed E-state index contributed by atoms with van der Waals surface area (Å²) in [6.45, 7) is 1.87. The van der Waals surface area contributed by atoms with E-state index in [1.54, 1.807) is 12.1 Å². The van der Waals surface area contributed by atoms with Crippen molar-refractivity contribution in [3.05, 3.63) is 47.8 Å². The van der Waals surface area contributed by atoms with Gasteiger partial charge >= 0.3 is 0 Å². The van der Waals surface area contributed by atoms with Gasteiger partial charge in [0.1, 0.15) is 17.7 Å². The average molecular weight is 262 g/mol. The molecule has 2 atom stereocenters. The van der Waals surface area contributed by atoms with Gasteiger partial charge in [0, 0.05) is 5.56 Å². The van der Waals surface area contributed by atoms with E-state index >= 15 is 0 Å². The molecule has 0 bridgehead atoms. The van der Waals surface area contributed by atoms with Gasteiger partial charge in [-0.3, -0.25) is 0 Å². The molecule has 0 aromatic heterocycles. The lowest BCUT2D eigenvalue weighted by Crippen LogP contribution is -2.29. The van der Waals surface area contributed by atoms with E-state index in [0.717, 1.165) is 19.3 Å². The van der Waals surface area contributed by atoms with Gasteiger partial charge in [0.2, 0.25) is 0 Å². The predicted octanol–water partition coefficient (Wildman–Crippen LogP) is 3.71. The third-order valence-corrected chi connectivity index (χ3v) is 3.16. The summed E-state index contributed by atoms with van der Waals surface area (Å²) in [7, 11) is 0. The first-order valence-corrected chi connectivity index (χ1v) is 6.64. The van der Waals surface area contributed by atoms with Crippen LogP contribution in [0.1, 0.15) is 31.7 Å². The Balaban J connectivity index is 2.22. The van der Waals surface area contributed by atoms with E-state index in [0.29, 0.717) is 11.3 Å². The molecule has 1 aliphatic carbocycles. The SMILES string of the molecule is C/C=C\c1cc(F)ccc1OC1C=CCCCC1O. The molecule has 0 saturated heterocycles. The summed E-state index contributed by atoms with van der Waals surface area (Å²) in [5.41, 5.74) is 0.687. The Morgan fingerprint density at radius 1 is 1.42 bits per heavy atom. The number of hydrogen-bond donors (Lipinski definition) is 1. The van der Waals surface area contributed by atoms with E-state index in [2.05, 4.69) is 0 Å². The zero-order chi connectivity index (χ0) is 13.7. The lowest BCUT2D eigenvalue weighted by atomic mass is 10.1. The van der Waals surface area contributed by atoms with Crippen molar-refractivity contribution in [1.29, 1.82) is 0 Å². The second kappa shape index (κ2) is 6.53. The van der Waals surface area contributed by atoms with Crippen LogP contribution in [0, 0.1) is 5.82 Å². The first-order chi connectivity index (χ1) is 9.20. The number of aliphatic hydroxyl groups is 1. The Hall–Kier alpha value is -1.61. The van der Waals surface area contributed by atoms with Crippen LogP contribution in [0.5, 0.6) is 5.75 Å². The van der Waals surface area contributed by atoms with Crippen molar-refractivity contribution >= 4 is 6.08 Å². The number of ether oxygens (including phenoxy) is 1. The molecule has 1 aromatic rings. The van der Waals surface area contributed by atoms with Crippen molar-refractivity contribution in [3.8, 4) is 5.75 Å². The lowest BCUT2D eigenvalue weighted by Gasteiger charge is -2.21. The number of rotatable bonds is 3. The van der Waals surface area contributed by atoms with Crippen LogP contribution < -0.4 is 4.74 Å². The smallest absolute Gasteiger partial charge is 0.143 e. The Morgan fingerprint density at radius 3 is 3.05 bits per heavy atom. The highest BCUT2D eigenvalue weighted by Crippen LogP contribution is 2.25. The standard InChI is InChI=1S/C16H19FO2/c1-2-6-12-11-13(17)9-10-15(12)19-16-8-5-3-4-7-14(16)18/h2,5-6,8-11,14,16,18H,3-4,7H2,1H3/b6-2-. The fourth-order valence-electron chi connectivity index (χ4n) is 2.17. The first kappa shape index (κ1) is 13.8. The van der Waals surface area contributed by atoms with E-state index in [1.807, 2.05) is 25.2 Å². The fourth-order valence-corrected chi connectivity index (χ4v) is 2.17. The molecule has 1 aromatic carbocycles. The molecule has 0 heterocycles. The van der Waals surface area contributed by atoms with E-state index in [9.17, 15) is 9.50 Å².